The molecule has 1 aromatic heterocycles. The van der Waals surface area contributed by atoms with E-state index in [-0.39, 0.29) is 28.1 Å². The third-order valence-corrected chi connectivity index (χ3v) is 4.91. The lowest BCUT2D eigenvalue weighted by molar-refractivity contribution is -0.390. The molecule has 11 heteroatoms. The minimum Gasteiger partial charge on any atom is -0.358 e. The molecular weight excluding hydrogens is 416 g/mol. The van der Waals surface area contributed by atoms with Crippen molar-refractivity contribution in [2.24, 2.45) is 0 Å². The Kier molecular flexibility index (Phi) is 5.28. The van der Waals surface area contributed by atoms with Gasteiger partial charge in [-0.3, -0.25) is 9.69 Å². The summed E-state index contributed by atoms with van der Waals surface area (Å²) in [4.78, 5) is 26.1. The van der Waals surface area contributed by atoms with Gasteiger partial charge in [0.15, 0.2) is 17.3 Å². The number of amides is 1. The van der Waals surface area contributed by atoms with Crippen LogP contribution >= 0.6 is 15.9 Å². The van der Waals surface area contributed by atoms with Gasteiger partial charge in [0.25, 0.3) is 5.91 Å². The summed E-state index contributed by atoms with van der Waals surface area (Å²) >= 11 is 3.02. The molecule has 2 aromatic rings. The van der Waals surface area contributed by atoms with Gasteiger partial charge >= 0.3 is 5.82 Å². The second-order valence-electron chi connectivity index (χ2n) is 5.77. The van der Waals surface area contributed by atoms with Gasteiger partial charge in [0.2, 0.25) is 0 Å². The van der Waals surface area contributed by atoms with E-state index in [1.54, 1.807) is 0 Å². The Morgan fingerprint density at radius 3 is 2.62 bits per heavy atom. The Hall–Kier alpha value is -2.40. The quantitative estimate of drug-likeness (QED) is 0.594. The number of H-pyrrole nitrogens is 1. The maximum absolute atomic E-state index is 13.8. The van der Waals surface area contributed by atoms with Gasteiger partial charge in [-0.05, 0) is 26.9 Å². The van der Waals surface area contributed by atoms with Crippen LogP contribution < -0.4 is 0 Å². The molecule has 0 spiro atoms. The zero-order chi connectivity index (χ0) is 18.8. The first-order chi connectivity index (χ1) is 12.4. The highest BCUT2D eigenvalue weighted by atomic mass is 79.9. The van der Waals surface area contributed by atoms with Crippen molar-refractivity contribution in [1.29, 1.82) is 0 Å². The molecule has 1 saturated heterocycles. The first kappa shape index (κ1) is 18.4. The van der Waals surface area contributed by atoms with Crippen LogP contribution in [0.5, 0.6) is 0 Å². The van der Waals surface area contributed by atoms with Crippen molar-refractivity contribution in [3.8, 4) is 0 Å². The van der Waals surface area contributed by atoms with Gasteiger partial charge in [-0.2, -0.15) is 0 Å². The lowest BCUT2D eigenvalue weighted by Crippen LogP contribution is -2.48. The van der Waals surface area contributed by atoms with Crippen LogP contribution in [0.3, 0.4) is 0 Å². The first-order valence-electron chi connectivity index (χ1n) is 7.71. The molecule has 1 aliphatic heterocycles. The molecule has 0 bridgehead atoms. The summed E-state index contributed by atoms with van der Waals surface area (Å²) in [6, 6.07) is 4.04. The van der Waals surface area contributed by atoms with Gasteiger partial charge in [-0.25, -0.2) is 8.78 Å². The van der Waals surface area contributed by atoms with Crippen LogP contribution in [-0.4, -0.2) is 57.0 Å². The van der Waals surface area contributed by atoms with Crippen molar-refractivity contribution in [1.82, 2.24) is 20.0 Å². The number of halogens is 3. The molecule has 2 heterocycles. The average Bonchev–Trinajstić information content (AvgIpc) is 3.01. The normalized spacial score (nSPS) is 15.3. The zero-order valence-corrected chi connectivity index (χ0v) is 15.0. The van der Waals surface area contributed by atoms with Gasteiger partial charge in [-0.1, -0.05) is 17.2 Å². The van der Waals surface area contributed by atoms with E-state index in [1.165, 1.54) is 17.0 Å². The van der Waals surface area contributed by atoms with E-state index < -0.39 is 22.5 Å². The number of nitro groups is 1. The third-order valence-electron chi connectivity index (χ3n) is 4.16. The Morgan fingerprint density at radius 1 is 1.31 bits per heavy atom. The number of nitrogens with one attached hydrogen (secondary N) is 1. The maximum atomic E-state index is 13.8. The van der Waals surface area contributed by atoms with Crippen LogP contribution in [-0.2, 0) is 6.54 Å². The predicted octanol–water partition coefficient (Wildman–Crippen LogP) is 2.32. The standard InChI is InChI=1S/C15H14BrF2N5O3/c16-11-13(19-20-14(11)23(25)26)15(24)22-6-4-21(5-7-22)8-9-2-1-3-10(17)12(9)18/h1-3H,4-8H2,(H,19,20). The molecule has 3 rings (SSSR count). The Labute approximate surface area is 155 Å². The average molecular weight is 430 g/mol. The molecule has 1 fully saturated rings. The fourth-order valence-corrected chi connectivity index (χ4v) is 3.24. The lowest BCUT2D eigenvalue weighted by Gasteiger charge is -2.34. The fraction of sp³-hybridized carbons (Fsp3) is 0.333. The molecule has 0 saturated carbocycles. The van der Waals surface area contributed by atoms with E-state index in [9.17, 15) is 23.7 Å². The van der Waals surface area contributed by atoms with Crippen LogP contribution in [0.4, 0.5) is 14.6 Å². The summed E-state index contributed by atoms with van der Waals surface area (Å²) in [6.45, 7) is 1.87. The summed E-state index contributed by atoms with van der Waals surface area (Å²) in [5.74, 6) is -2.56. The molecule has 1 N–H and O–H groups in total. The van der Waals surface area contributed by atoms with Gasteiger partial charge in [-0.15, -0.1) is 5.10 Å². The highest BCUT2D eigenvalue weighted by molar-refractivity contribution is 9.10. The minimum atomic E-state index is -0.888. The van der Waals surface area contributed by atoms with E-state index >= 15 is 0 Å². The van der Waals surface area contributed by atoms with Gasteiger partial charge in [0.05, 0.1) is 0 Å². The molecule has 1 amide bonds. The van der Waals surface area contributed by atoms with Gasteiger partial charge < -0.3 is 15.0 Å². The first-order valence-corrected chi connectivity index (χ1v) is 8.50. The van der Waals surface area contributed by atoms with Crippen molar-refractivity contribution in [2.75, 3.05) is 26.2 Å². The number of nitrogens with zero attached hydrogens (tertiary/aromatic N) is 4. The molecule has 0 radical (unpaired) electrons. The molecular formula is C15H14BrF2N5O3. The molecule has 138 valence electrons. The lowest BCUT2D eigenvalue weighted by atomic mass is 10.1. The Morgan fingerprint density at radius 2 is 2.00 bits per heavy atom. The smallest absolute Gasteiger partial charge is 0.357 e. The third kappa shape index (κ3) is 3.58. The molecule has 1 aliphatic rings. The van der Waals surface area contributed by atoms with Crippen LogP contribution in [0.1, 0.15) is 16.1 Å². The zero-order valence-electron chi connectivity index (χ0n) is 13.4. The number of hydrogen-bond donors (Lipinski definition) is 1. The molecule has 0 aliphatic carbocycles. The largest absolute Gasteiger partial charge is 0.358 e. The van der Waals surface area contributed by atoms with E-state index in [4.69, 9.17) is 0 Å². The monoisotopic (exact) mass is 429 g/mol. The van der Waals surface area contributed by atoms with Crippen molar-refractivity contribution in [3.63, 3.8) is 0 Å². The van der Waals surface area contributed by atoms with Crippen molar-refractivity contribution in [3.05, 3.63) is 55.7 Å². The second kappa shape index (κ2) is 7.46. The van der Waals surface area contributed by atoms with Gasteiger partial charge in [0.1, 0.15) is 4.47 Å². The number of piperazine rings is 1. The number of aromatic amines is 1. The van der Waals surface area contributed by atoms with Crippen molar-refractivity contribution in [2.45, 2.75) is 6.54 Å². The van der Waals surface area contributed by atoms with Crippen molar-refractivity contribution >= 4 is 27.7 Å². The fourth-order valence-electron chi connectivity index (χ4n) is 2.75. The molecule has 0 unspecified atom stereocenters. The van der Waals surface area contributed by atoms with Crippen molar-refractivity contribution < 1.29 is 18.5 Å². The number of benzene rings is 1. The molecule has 26 heavy (non-hydrogen) atoms. The Balaban J connectivity index is 1.62. The predicted molar refractivity (Wildman–Crippen MR) is 90.5 cm³/mol. The summed E-state index contributed by atoms with van der Waals surface area (Å²) in [5.41, 5.74) is 0.205. The van der Waals surface area contributed by atoms with E-state index in [0.29, 0.717) is 26.2 Å². The van der Waals surface area contributed by atoms with Gasteiger partial charge in [0, 0.05) is 38.3 Å². The highest BCUT2D eigenvalue weighted by Gasteiger charge is 2.30. The van der Waals surface area contributed by atoms with Crippen LogP contribution in [0, 0.1) is 21.7 Å². The van der Waals surface area contributed by atoms with E-state index in [1.807, 2.05) is 4.90 Å². The highest BCUT2D eigenvalue weighted by Crippen LogP contribution is 2.26. The van der Waals surface area contributed by atoms with E-state index in [0.717, 1.165) is 6.07 Å². The topological polar surface area (TPSA) is 95.4 Å². The van der Waals surface area contributed by atoms with Crippen LogP contribution in [0.2, 0.25) is 0 Å². The maximum Gasteiger partial charge on any atom is 0.357 e. The van der Waals surface area contributed by atoms with Crippen LogP contribution in [0.25, 0.3) is 0 Å². The molecule has 1 aromatic carbocycles. The summed E-state index contributed by atoms with van der Waals surface area (Å²) in [7, 11) is 0. The number of rotatable bonds is 4. The molecule has 0 atom stereocenters. The number of aromatic nitrogens is 2. The SMILES string of the molecule is O=C(c1n[nH]c([N+](=O)[O-])c1Br)N1CCN(Cc2cccc(F)c2F)CC1. The molecule has 8 nitrogen and oxygen atoms in total. The summed E-state index contributed by atoms with van der Waals surface area (Å²) in [5, 5.41) is 16.7. The van der Waals surface area contributed by atoms with E-state index in [2.05, 4.69) is 26.1 Å². The van der Waals surface area contributed by atoms with Crippen LogP contribution in [0.15, 0.2) is 22.7 Å². The number of hydrogen-bond acceptors (Lipinski definition) is 5. The second-order valence-corrected chi connectivity index (χ2v) is 6.57. The number of carbonyl (C=O) groups is 1. The minimum absolute atomic E-state index is 0.0109. The number of carbonyl (C=O) groups excluding carboxylic acids is 1. The summed E-state index contributed by atoms with van der Waals surface area (Å²) < 4.78 is 27.0. The Bertz CT molecular complexity index is 852. The summed E-state index contributed by atoms with van der Waals surface area (Å²) in [6.07, 6.45) is 0.